The Kier molecular flexibility index (Phi) is 5.62. The zero-order valence-electron chi connectivity index (χ0n) is 12.0. The fourth-order valence-corrected chi connectivity index (χ4v) is 3.38. The first kappa shape index (κ1) is 15.9. The molecule has 4 nitrogen and oxygen atoms in total. The maximum absolute atomic E-state index is 11.7. The van der Waals surface area contributed by atoms with Gasteiger partial charge in [0, 0.05) is 30.4 Å². The lowest BCUT2D eigenvalue weighted by Gasteiger charge is -2.33. The summed E-state index contributed by atoms with van der Waals surface area (Å²) in [5.41, 5.74) is -0.0213. The molecule has 18 heavy (non-hydrogen) atoms. The van der Waals surface area contributed by atoms with E-state index in [9.17, 15) is 8.42 Å². The minimum Gasteiger partial charge on any atom is -0.378 e. The average molecular weight is 277 g/mol. The monoisotopic (exact) mass is 277 g/mol. The molecule has 0 spiro atoms. The van der Waals surface area contributed by atoms with Crippen molar-refractivity contribution in [2.45, 2.75) is 52.7 Å². The lowest BCUT2D eigenvalue weighted by Crippen LogP contribution is -2.43. The van der Waals surface area contributed by atoms with Crippen LogP contribution in [-0.4, -0.2) is 45.2 Å². The van der Waals surface area contributed by atoms with E-state index in [0.29, 0.717) is 12.5 Å². The molecule has 1 aliphatic heterocycles. The van der Waals surface area contributed by atoms with E-state index in [1.807, 2.05) is 0 Å². The average Bonchev–Trinajstić information content (AvgIpc) is 2.67. The normalized spacial score (nSPS) is 29.1. The number of sulfone groups is 1. The SMILES string of the molecule is CCS(=O)(=O)CCC1(CNC(C)C)CCOC1C. The maximum Gasteiger partial charge on any atom is 0.150 e. The van der Waals surface area contributed by atoms with Crippen LogP contribution in [0.5, 0.6) is 0 Å². The number of hydrogen-bond donors (Lipinski definition) is 1. The van der Waals surface area contributed by atoms with Crippen LogP contribution in [0.2, 0.25) is 0 Å². The van der Waals surface area contributed by atoms with Crippen molar-refractivity contribution in [2.24, 2.45) is 5.41 Å². The molecule has 1 heterocycles. The predicted octanol–water partition coefficient (Wildman–Crippen LogP) is 1.60. The van der Waals surface area contributed by atoms with Crippen LogP contribution in [0.4, 0.5) is 0 Å². The molecule has 1 saturated heterocycles. The first-order chi connectivity index (χ1) is 8.31. The Balaban J connectivity index is 2.67. The summed E-state index contributed by atoms with van der Waals surface area (Å²) >= 11 is 0. The maximum atomic E-state index is 11.7. The van der Waals surface area contributed by atoms with E-state index in [-0.39, 0.29) is 23.0 Å². The van der Waals surface area contributed by atoms with Crippen LogP contribution in [0.1, 0.15) is 40.5 Å². The highest BCUT2D eigenvalue weighted by Gasteiger charge is 2.41. The Morgan fingerprint density at radius 2 is 2.11 bits per heavy atom. The van der Waals surface area contributed by atoms with Gasteiger partial charge in [-0.25, -0.2) is 8.42 Å². The van der Waals surface area contributed by atoms with Gasteiger partial charge in [-0.05, 0) is 19.8 Å². The van der Waals surface area contributed by atoms with Gasteiger partial charge in [0.25, 0.3) is 0 Å². The molecule has 0 aromatic rings. The fourth-order valence-electron chi connectivity index (χ4n) is 2.38. The van der Waals surface area contributed by atoms with Crippen LogP contribution >= 0.6 is 0 Å². The van der Waals surface area contributed by atoms with Gasteiger partial charge < -0.3 is 10.1 Å². The summed E-state index contributed by atoms with van der Waals surface area (Å²) in [7, 11) is -2.89. The van der Waals surface area contributed by atoms with E-state index in [1.54, 1.807) is 6.92 Å². The first-order valence-electron chi connectivity index (χ1n) is 6.87. The molecule has 0 saturated carbocycles. The van der Waals surface area contributed by atoms with Crippen LogP contribution in [0.25, 0.3) is 0 Å². The lowest BCUT2D eigenvalue weighted by molar-refractivity contribution is 0.0604. The second-order valence-electron chi connectivity index (χ2n) is 5.65. The molecule has 0 amide bonds. The molecular weight excluding hydrogens is 250 g/mol. The summed E-state index contributed by atoms with van der Waals surface area (Å²) < 4.78 is 29.0. The highest BCUT2D eigenvalue weighted by molar-refractivity contribution is 7.91. The smallest absolute Gasteiger partial charge is 0.150 e. The molecule has 108 valence electrons. The second kappa shape index (κ2) is 6.35. The van der Waals surface area contributed by atoms with Crippen LogP contribution in [0, 0.1) is 5.41 Å². The summed E-state index contributed by atoms with van der Waals surface area (Å²) in [5, 5.41) is 3.44. The van der Waals surface area contributed by atoms with Crippen molar-refractivity contribution in [3.63, 3.8) is 0 Å². The minimum absolute atomic E-state index is 0.0213. The van der Waals surface area contributed by atoms with Gasteiger partial charge in [-0.1, -0.05) is 20.8 Å². The Labute approximate surface area is 111 Å². The number of hydrogen-bond acceptors (Lipinski definition) is 4. The van der Waals surface area contributed by atoms with Gasteiger partial charge >= 0.3 is 0 Å². The van der Waals surface area contributed by atoms with E-state index in [2.05, 4.69) is 26.1 Å². The molecule has 0 aliphatic carbocycles. The number of rotatable bonds is 7. The predicted molar refractivity (Wildman–Crippen MR) is 74.5 cm³/mol. The topological polar surface area (TPSA) is 55.4 Å². The molecule has 0 radical (unpaired) electrons. The van der Waals surface area contributed by atoms with E-state index in [4.69, 9.17) is 4.74 Å². The third-order valence-corrected chi connectivity index (χ3v) is 5.75. The molecule has 0 bridgehead atoms. The number of nitrogens with one attached hydrogen (secondary N) is 1. The van der Waals surface area contributed by atoms with Gasteiger partial charge in [0.1, 0.15) is 9.84 Å². The van der Waals surface area contributed by atoms with Gasteiger partial charge in [-0.3, -0.25) is 0 Å². The van der Waals surface area contributed by atoms with Gasteiger partial charge in [0.15, 0.2) is 0 Å². The molecule has 1 fully saturated rings. The zero-order chi connectivity index (χ0) is 13.8. The van der Waals surface area contributed by atoms with Gasteiger partial charge in [0.05, 0.1) is 11.9 Å². The van der Waals surface area contributed by atoms with E-state index < -0.39 is 9.84 Å². The Morgan fingerprint density at radius 3 is 2.56 bits per heavy atom. The van der Waals surface area contributed by atoms with Crippen molar-refractivity contribution >= 4 is 9.84 Å². The van der Waals surface area contributed by atoms with Gasteiger partial charge in [0.2, 0.25) is 0 Å². The van der Waals surface area contributed by atoms with Crippen LogP contribution in [0.15, 0.2) is 0 Å². The summed E-state index contributed by atoms with van der Waals surface area (Å²) in [5.74, 6) is 0.507. The highest BCUT2D eigenvalue weighted by atomic mass is 32.2. The summed E-state index contributed by atoms with van der Waals surface area (Å²) in [6.07, 6.45) is 1.78. The third kappa shape index (κ3) is 4.21. The van der Waals surface area contributed by atoms with Crippen molar-refractivity contribution in [1.82, 2.24) is 5.32 Å². The molecule has 2 atom stereocenters. The molecule has 0 aromatic carbocycles. The van der Waals surface area contributed by atoms with Crippen molar-refractivity contribution in [2.75, 3.05) is 24.7 Å². The lowest BCUT2D eigenvalue weighted by atomic mass is 9.79. The molecule has 1 N–H and O–H groups in total. The molecule has 0 aromatic heterocycles. The molecule has 2 unspecified atom stereocenters. The Hall–Kier alpha value is -0.130. The minimum atomic E-state index is -2.89. The van der Waals surface area contributed by atoms with Gasteiger partial charge in [-0.2, -0.15) is 0 Å². The van der Waals surface area contributed by atoms with Crippen LogP contribution < -0.4 is 5.32 Å². The van der Waals surface area contributed by atoms with Gasteiger partial charge in [-0.15, -0.1) is 0 Å². The van der Waals surface area contributed by atoms with Crippen molar-refractivity contribution < 1.29 is 13.2 Å². The zero-order valence-corrected chi connectivity index (χ0v) is 12.8. The summed E-state index contributed by atoms with van der Waals surface area (Å²) in [6, 6.07) is 0.414. The number of ether oxygens (including phenoxy) is 1. The van der Waals surface area contributed by atoms with E-state index in [0.717, 1.165) is 19.6 Å². The molecule has 1 aliphatic rings. The van der Waals surface area contributed by atoms with Crippen LogP contribution in [-0.2, 0) is 14.6 Å². The summed E-state index contributed by atoms with van der Waals surface area (Å²) in [6.45, 7) is 9.57. The third-order valence-electron chi connectivity index (χ3n) is 4.04. The molecule has 5 heteroatoms. The highest BCUT2D eigenvalue weighted by Crippen LogP contribution is 2.38. The quantitative estimate of drug-likeness (QED) is 0.768. The Morgan fingerprint density at radius 1 is 1.44 bits per heavy atom. The fraction of sp³-hybridized carbons (Fsp3) is 1.00. The van der Waals surface area contributed by atoms with E-state index in [1.165, 1.54) is 0 Å². The van der Waals surface area contributed by atoms with Crippen molar-refractivity contribution in [3.05, 3.63) is 0 Å². The second-order valence-corrected chi connectivity index (χ2v) is 8.12. The first-order valence-corrected chi connectivity index (χ1v) is 8.69. The molecular formula is C13H27NO3S. The summed E-state index contributed by atoms with van der Waals surface area (Å²) in [4.78, 5) is 0. The van der Waals surface area contributed by atoms with Crippen molar-refractivity contribution in [1.29, 1.82) is 0 Å². The van der Waals surface area contributed by atoms with Crippen molar-refractivity contribution in [3.8, 4) is 0 Å². The largest absolute Gasteiger partial charge is 0.378 e. The Bertz CT molecular complexity index is 353. The molecule has 1 rings (SSSR count). The standard InChI is InChI=1S/C13H27NO3S/c1-5-18(15,16)9-7-13(10-14-11(2)3)6-8-17-12(13)4/h11-12,14H,5-10H2,1-4H3. The van der Waals surface area contributed by atoms with Crippen LogP contribution in [0.3, 0.4) is 0 Å². The van der Waals surface area contributed by atoms with E-state index >= 15 is 0 Å².